The largest absolute Gasteiger partial charge is 0.493 e. The molecule has 3 aromatic rings. The molecule has 0 saturated carbocycles. The van der Waals surface area contributed by atoms with Crippen LogP contribution in [0, 0.1) is 5.82 Å². The number of amides is 1. The molecule has 4 rings (SSSR count). The molecule has 0 unspecified atom stereocenters. The number of nitrogens with one attached hydrogen (secondary N) is 1. The van der Waals surface area contributed by atoms with E-state index < -0.39 is 0 Å². The predicted octanol–water partition coefficient (Wildman–Crippen LogP) is 6.82. The number of carbonyl (C=O) groups is 1. The second-order valence-corrected chi connectivity index (χ2v) is 9.19. The number of piperidine rings is 1. The van der Waals surface area contributed by atoms with Crippen LogP contribution in [0.4, 0.5) is 15.8 Å². The van der Waals surface area contributed by atoms with E-state index in [1.54, 1.807) is 30.3 Å². The maximum atomic E-state index is 13.9. The minimum atomic E-state index is -0.325. The number of rotatable bonds is 8. The number of carbonyl (C=O) groups excluding carboxylic acids is 1. The van der Waals surface area contributed by atoms with E-state index in [0.717, 1.165) is 24.3 Å². The molecule has 5 nitrogen and oxygen atoms in total. The van der Waals surface area contributed by atoms with Crippen LogP contribution >= 0.6 is 15.9 Å². The van der Waals surface area contributed by atoms with Gasteiger partial charge in [0.05, 0.1) is 11.6 Å². The molecule has 1 amide bonds. The third-order valence-corrected chi connectivity index (χ3v) is 6.45. The van der Waals surface area contributed by atoms with Gasteiger partial charge in [0.2, 0.25) is 5.91 Å². The van der Waals surface area contributed by atoms with Gasteiger partial charge in [0.1, 0.15) is 12.4 Å². The predicted molar refractivity (Wildman–Crippen MR) is 142 cm³/mol. The summed E-state index contributed by atoms with van der Waals surface area (Å²) in [5, 5.41) is 2.89. The lowest BCUT2D eigenvalue weighted by Gasteiger charge is -2.28. The lowest BCUT2D eigenvalue weighted by molar-refractivity contribution is -0.111. The number of benzene rings is 3. The maximum Gasteiger partial charge on any atom is 0.248 e. The molecule has 0 bridgehead atoms. The average molecular weight is 539 g/mol. The Hall–Kier alpha value is -3.32. The molecule has 3 aromatic carbocycles. The average Bonchev–Trinajstić information content (AvgIpc) is 2.88. The van der Waals surface area contributed by atoms with E-state index in [1.165, 1.54) is 44.2 Å². The SMILES string of the molecule is COc1cc(/C=C/C(=O)Nc2ccc(N3CCCCC3)cc2)cc(Br)c1OCc1ccccc1F. The van der Waals surface area contributed by atoms with Gasteiger partial charge in [-0.05, 0) is 89.3 Å². The summed E-state index contributed by atoms with van der Waals surface area (Å²) in [4.78, 5) is 14.8. The van der Waals surface area contributed by atoms with Gasteiger partial charge in [-0.3, -0.25) is 4.79 Å². The summed E-state index contributed by atoms with van der Waals surface area (Å²) in [7, 11) is 1.53. The molecule has 7 heteroatoms. The Morgan fingerprint density at radius 1 is 1.09 bits per heavy atom. The number of nitrogens with zero attached hydrogens (tertiary/aromatic N) is 1. The number of ether oxygens (including phenoxy) is 2. The van der Waals surface area contributed by atoms with Gasteiger partial charge in [0.15, 0.2) is 11.5 Å². The zero-order valence-corrected chi connectivity index (χ0v) is 21.2. The van der Waals surface area contributed by atoms with E-state index in [9.17, 15) is 9.18 Å². The van der Waals surface area contributed by atoms with Crippen LogP contribution in [0.3, 0.4) is 0 Å². The number of halogens is 2. The van der Waals surface area contributed by atoms with Crippen LogP contribution < -0.4 is 19.7 Å². The molecule has 1 saturated heterocycles. The van der Waals surface area contributed by atoms with Crippen LogP contribution in [0.2, 0.25) is 0 Å². The van der Waals surface area contributed by atoms with Crippen molar-refractivity contribution in [3.05, 3.63) is 88.2 Å². The van der Waals surface area contributed by atoms with Gasteiger partial charge in [-0.15, -0.1) is 0 Å². The van der Waals surface area contributed by atoms with Gasteiger partial charge in [-0.1, -0.05) is 18.2 Å². The van der Waals surface area contributed by atoms with Crippen molar-refractivity contribution in [3.63, 3.8) is 0 Å². The minimum absolute atomic E-state index is 0.0653. The highest BCUT2D eigenvalue weighted by Crippen LogP contribution is 2.37. The topological polar surface area (TPSA) is 50.8 Å². The minimum Gasteiger partial charge on any atom is -0.493 e. The van der Waals surface area contributed by atoms with Crippen LogP contribution in [-0.2, 0) is 11.4 Å². The second-order valence-electron chi connectivity index (χ2n) is 8.33. The fourth-order valence-electron chi connectivity index (χ4n) is 4.00. The Kier molecular flexibility index (Phi) is 8.42. The highest BCUT2D eigenvalue weighted by atomic mass is 79.9. The molecule has 1 aliphatic rings. The Labute approximate surface area is 213 Å². The molecule has 0 radical (unpaired) electrons. The molecule has 0 aliphatic carbocycles. The van der Waals surface area contributed by atoms with Gasteiger partial charge >= 0.3 is 0 Å². The standard InChI is InChI=1S/C28H28BrFN2O3/c1-34-26-18-20(17-24(29)28(26)35-19-21-7-3-4-8-25(21)30)9-14-27(33)31-22-10-12-23(13-11-22)32-15-5-2-6-16-32/h3-4,7-14,17-18H,2,5-6,15-16,19H2,1H3,(H,31,33)/b14-9+. The number of methoxy groups -OCH3 is 1. The first-order valence-corrected chi connectivity index (χ1v) is 12.4. The Bertz CT molecular complexity index is 1190. The monoisotopic (exact) mass is 538 g/mol. The van der Waals surface area contributed by atoms with E-state index >= 15 is 0 Å². The van der Waals surface area contributed by atoms with E-state index in [0.29, 0.717) is 21.5 Å². The summed E-state index contributed by atoms with van der Waals surface area (Å²) in [6, 6.07) is 18.0. The molecular weight excluding hydrogens is 511 g/mol. The van der Waals surface area contributed by atoms with Crippen molar-refractivity contribution in [1.82, 2.24) is 0 Å². The van der Waals surface area contributed by atoms with Crippen LogP contribution in [0.15, 0.2) is 71.2 Å². The van der Waals surface area contributed by atoms with Crippen molar-refractivity contribution in [2.75, 3.05) is 30.4 Å². The fourth-order valence-corrected chi connectivity index (χ4v) is 4.58. The van der Waals surface area contributed by atoms with Crippen LogP contribution in [0.5, 0.6) is 11.5 Å². The number of hydrogen-bond acceptors (Lipinski definition) is 4. The van der Waals surface area contributed by atoms with Crippen molar-refractivity contribution in [2.45, 2.75) is 25.9 Å². The summed E-state index contributed by atoms with van der Waals surface area (Å²) in [6.07, 6.45) is 6.92. The molecular formula is C28H28BrFN2O3. The third kappa shape index (κ3) is 6.63. The molecule has 182 valence electrons. The fraction of sp³-hybridized carbons (Fsp3) is 0.250. The number of hydrogen-bond donors (Lipinski definition) is 1. The van der Waals surface area contributed by atoms with Crippen molar-refractivity contribution in [2.24, 2.45) is 0 Å². The highest BCUT2D eigenvalue weighted by Gasteiger charge is 2.13. The first-order chi connectivity index (χ1) is 17.0. The summed E-state index contributed by atoms with van der Waals surface area (Å²) in [5.41, 5.74) is 3.14. The lowest BCUT2D eigenvalue weighted by atomic mass is 10.1. The quantitative estimate of drug-likeness (QED) is 0.320. The molecule has 1 N–H and O–H groups in total. The maximum absolute atomic E-state index is 13.9. The van der Waals surface area contributed by atoms with Crippen molar-refractivity contribution >= 4 is 39.3 Å². The van der Waals surface area contributed by atoms with Crippen molar-refractivity contribution in [3.8, 4) is 11.5 Å². The Morgan fingerprint density at radius 3 is 2.54 bits per heavy atom. The van der Waals surface area contributed by atoms with Crippen molar-refractivity contribution < 1.29 is 18.7 Å². The molecule has 1 fully saturated rings. The molecule has 1 aliphatic heterocycles. The molecule has 35 heavy (non-hydrogen) atoms. The van der Waals surface area contributed by atoms with E-state index in [2.05, 4.69) is 26.1 Å². The zero-order chi connectivity index (χ0) is 24.6. The first-order valence-electron chi connectivity index (χ1n) is 11.6. The normalized spacial score (nSPS) is 13.6. The first kappa shape index (κ1) is 24.8. The lowest BCUT2D eigenvalue weighted by Crippen LogP contribution is -2.29. The van der Waals surface area contributed by atoms with Gasteiger partial charge in [0.25, 0.3) is 0 Å². The van der Waals surface area contributed by atoms with Gasteiger partial charge in [-0.25, -0.2) is 4.39 Å². The highest BCUT2D eigenvalue weighted by molar-refractivity contribution is 9.10. The zero-order valence-electron chi connectivity index (χ0n) is 19.6. The van der Waals surface area contributed by atoms with Crippen LogP contribution in [-0.4, -0.2) is 26.1 Å². The summed E-state index contributed by atoms with van der Waals surface area (Å²) < 4.78 is 25.8. The summed E-state index contributed by atoms with van der Waals surface area (Å²) in [5.74, 6) is 0.384. The Morgan fingerprint density at radius 2 is 1.83 bits per heavy atom. The molecule has 0 aromatic heterocycles. The van der Waals surface area contributed by atoms with E-state index in [4.69, 9.17) is 9.47 Å². The van der Waals surface area contributed by atoms with E-state index in [-0.39, 0.29) is 18.3 Å². The second kappa shape index (κ2) is 11.9. The van der Waals surface area contributed by atoms with Crippen LogP contribution in [0.1, 0.15) is 30.4 Å². The summed E-state index contributed by atoms with van der Waals surface area (Å²) in [6.45, 7) is 2.23. The smallest absolute Gasteiger partial charge is 0.248 e. The molecule has 0 atom stereocenters. The van der Waals surface area contributed by atoms with Gasteiger partial charge < -0.3 is 19.7 Å². The Balaban J connectivity index is 1.38. The van der Waals surface area contributed by atoms with Gasteiger partial charge in [-0.2, -0.15) is 0 Å². The number of anilines is 2. The van der Waals surface area contributed by atoms with Crippen molar-refractivity contribution in [1.29, 1.82) is 0 Å². The summed E-state index contributed by atoms with van der Waals surface area (Å²) >= 11 is 3.49. The van der Waals surface area contributed by atoms with Gasteiger partial charge in [0, 0.05) is 36.1 Å². The van der Waals surface area contributed by atoms with E-state index in [1.807, 2.05) is 30.3 Å². The van der Waals surface area contributed by atoms with Crippen LogP contribution in [0.25, 0.3) is 6.08 Å². The third-order valence-electron chi connectivity index (χ3n) is 5.86. The molecule has 1 heterocycles. The molecule has 0 spiro atoms.